The third-order valence-corrected chi connectivity index (χ3v) is 3.93. The van der Waals surface area contributed by atoms with Crippen molar-refractivity contribution in [2.75, 3.05) is 6.54 Å². The number of piperidine rings is 1. The van der Waals surface area contributed by atoms with Crippen LogP contribution in [0.2, 0.25) is 0 Å². The fraction of sp³-hybridized carbons (Fsp3) is 0.353. The molecule has 4 nitrogen and oxygen atoms in total. The summed E-state index contributed by atoms with van der Waals surface area (Å²) in [7, 11) is 0. The van der Waals surface area contributed by atoms with Crippen LogP contribution >= 0.6 is 0 Å². The molecule has 1 aromatic carbocycles. The van der Waals surface area contributed by atoms with Crippen LogP contribution in [0.1, 0.15) is 30.3 Å². The number of hydrogen-bond acceptors (Lipinski definition) is 3. The molecule has 1 aliphatic rings. The van der Waals surface area contributed by atoms with Crippen LogP contribution in [-0.4, -0.2) is 24.5 Å². The van der Waals surface area contributed by atoms with Crippen LogP contribution in [0.15, 0.2) is 40.8 Å². The molecule has 1 aliphatic heterocycles. The Hall–Kier alpha value is -2.14. The summed E-state index contributed by atoms with van der Waals surface area (Å²) >= 11 is 0. The molecule has 116 valence electrons. The van der Waals surface area contributed by atoms with E-state index in [4.69, 9.17) is 4.42 Å². The lowest BCUT2D eigenvalue weighted by Gasteiger charge is -2.28. The number of amides is 1. The maximum atomic E-state index is 13.7. The minimum atomic E-state index is -0.365. The Kier molecular flexibility index (Phi) is 4.24. The highest BCUT2D eigenvalue weighted by molar-refractivity contribution is 5.92. The first kappa shape index (κ1) is 14.8. The Labute approximate surface area is 128 Å². The second-order valence-corrected chi connectivity index (χ2v) is 5.69. The number of halogens is 1. The number of carbonyl (C=O) groups excluding carboxylic acids is 1. The van der Waals surface area contributed by atoms with E-state index in [0.29, 0.717) is 17.4 Å². The first-order valence-electron chi connectivity index (χ1n) is 7.52. The van der Waals surface area contributed by atoms with Gasteiger partial charge in [0.15, 0.2) is 5.76 Å². The molecule has 5 heteroatoms. The molecule has 0 spiro atoms. The van der Waals surface area contributed by atoms with E-state index >= 15 is 0 Å². The van der Waals surface area contributed by atoms with Gasteiger partial charge in [-0.05, 0) is 50.6 Å². The standard InChI is InChI=1S/C17H19FN2O2/c1-11-10-12(8-9-19-11)20-17(21)16-7-6-15(22-16)13-4-2-3-5-14(13)18/h2-7,11-12,19H,8-10H2,1H3,(H,20,21). The molecule has 1 amide bonds. The number of benzene rings is 1. The van der Waals surface area contributed by atoms with E-state index < -0.39 is 0 Å². The highest BCUT2D eigenvalue weighted by Crippen LogP contribution is 2.24. The largest absolute Gasteiger partial charge is 0.451 e. The average Bonchev–Trinajstić information content (AvgIpc) is 2.97. The monoisotopic (exact) mass is 302 g/mol. The number of hydrogen-bond donors (Lipinski definition) is 2. The van der Waals surface area contributed by atoms with Gasteiger partial charge in [0.05, 0.1) is 5.56 Å². The Balaban J connectivity index is 1.71. The summed E-state index contributed by atoms with van der Waals surface area (Å²) < 4.78 is 19.2. The molecule has 22 heavy (non-hydrogen) atoms. The summed E-state index contributed by atoms with van der Waals surface area (Å²) in [6.07, 6.45) is 1.80. The van der Waals surface area contributed by atoms with E-state index in [-0.39, 0.29) is 23.5 Å². The van der Waals surface area contributed by atoms with Crippen molar-refractivity contribution in [1.82, 2.24) is 10.6 Å². The zero-order valence-corrected chi connectivity index (χ0v) is 12.4. The van der Waals surface area contributed by atoms with Gasteiger partial charge in [-0.15, -0.1) is 0 Å². The van der Waals surface area contributed by atoms with E-state index in [9.17, 15) is 9.18 Å². The molecule has 0 aliphatic carbocycles. The third kappa shape index (κ3) is 3.20. The van der Waals surface area contributed by atoms with Crippen LogP contribution in [0, 0.1) is 5.82 Å². The molecule has 0 saturated carbocycles. The zero-order valence-electron chi connectivity index (χ0n) is 12.4. The smallest absolute Gasteiger partial charge is 0.287 e. The van der Waals surface area contributed by atoms with Gasteiger partial charge in [-0.3, -0.25) is 4.79 Å². The molecule has 1 saturated heterocycles. The lowest BCUT2D eigenvalue weighted by molar-refractivity contribution is 0.0898. The van der Waals surface area contributed by atoms with Crippen molar-refractivity contribution in [2.24, 2.45) is 0 Å². The van der Waals surface area contributed by atoms with Crippen molar-refractivity contribution in [3.8, 4) is 11.3 Å². The van der Waals surface area contributed by atoms with E-state index in [2.05, 4.69) is 17.6 Å². The van der Waals surface area contributed by atoms with Gasteiger partial charge in [0, 0.05) is 12.1 Å². The van der Waals surface area contributed by atoms with Crippen molar-refractivity contribution in [2.45, 2.75) is 31.8 Å². The Morgan fingerprint density at radius 1 is 1.32 bits per heavy atom. The van der Waals surface area contributed by atoms with Gasteiger partial charge < -0.3 is 15.1 Å². The maximum Gasteiger partial charge on any atom is 0.287 e. The Bertz CT molecular complexity index is 668. The molecule has 2 atom stereocenters. The van der Waals surface area contributed by atoms with Crippen LogP contribution in [0.3, 0.4) is 0 Å². The lowest BCUT2D eigenvalue weighted by atomic mass is 10.0. The number of rotatable bonds is 3. The molecule has 2 heterocycles. The van der Waals surface area contributed by atoms with Crippen molar-refractivity contribution in [3.63, 3.8) is 0 Å². The van der Waals surface area contributed by atoms with Gasteiger partial charge in [0.2, 0.25) is 0 Å². The first-order chi connectivity index (χ1) is 10.6. The van der Waals surface area contributed by atoms with Crippen LogP contribution in [0.5, 0.6) is 0 Å². The second-order valence-electron chi connectivity index (χ2n) is 5.69. The number of furan rings is 1. The van der Waals surface area contributed by atoms with Gasteiger partial charge in [-0.1, -0.05) is 12.1 Å². The Morgan fingerprint density at radius 3 is 2.91 bits per heavy atom. The van der Waals surface area contributed by atoms with Crippen molar-refractivity contribution in [3.05, 3.63) is 48.0 Å². The van der Waals surface area contributed by atoms with Gasteiger partial charge in [-0.2, -0.15) is 0 Å². The molecular weight excluding hydrogens is 283 g/mol. The van der Waals surface area contributed by atoms with Crippen molar-refractivity contribution >= 4 is 5.91 Å². The van der Waals surface area contributed by atoms with Gasteiger partial charge in [0.25, 0.3) is 5.91 Å². The SMILES string of the molecule is CC1CC(NC(=O)c2ccc(-c3ccccc3F)o2)CCN1. The van der Waals surface area contributed by atoms with Gasteiger partial charge in [-0.25, -0.2) is 4.39 Å². The maximum absolute atomic E-state index is 13.7. The molecule has 1 aromatic heterocycles. The number of nitrogens with one attached hydrogen (secondary N) is 2. The normalized spacial score (nSPS) is 21.5. The predicted molar refractivity (Wildman–Crippen MR) is 82.1 cm³/mol. The molecule has 2 aromatic rings. The fourth-order valence-corrected chi connectivity index (χ4v) is 2.79. The molecule has 0 bridgehead atoms. The van der Waals surface area contributed by atoms with E-state index in [1.807, 2.05) is 0 Å². The predicted octanol–water partition coefficient (Wildman–Crippen LogP) is 2.96. The molecular formula is C17H19FN2O2. The first-order valence-corrected chi connectivity index (χ1v) is 7.52. The van der Waals surface area contributed by atoms with E-state index in [1.54, 1.807) is 30.3 Å². The van der Waals surface area contributed by atoms with Crippen LogP contribution in [0.4, 0.5) is 4.39 Å². The van der Waals surface area contributed by atoms with Crippen LogP contribution < -0.4 is 10.6 Å². The van der Waals surface area contributed by atoms with Gasteiger partial charge >= 0.3 is 0 Å². The summed E-state index contributed by atoms with van der Waals surface area (Å²) in [6.45, 7) is 2.99. The third-order valence-electron chi connectivity index (χ3n) is 3.93. The molecule has 2 N–H and O–H groups in total. The fourth-order valence-electron chi connectivity index (χ4n) is 2.79. The molecule has 3 rings (SSSR count). The molecule has 1 fully saturated rings. The number of carbonyl (C=O) groups is 1. The zero-order chi connectivity index (χ0) is 15.5. The quantitative estimate of drug-likeness (QED) is 0.916. The second kappa shape index (κ2) is 6.32. The summed E-state index contributed by atoms with van der Waals surface area (Å²) in [4.78, 5) is 12.2. The summed E-state index contributed by atoms with van der Waals surface area (Å²) in [5.41, 5.74) is 0.358. The lowest BCUT2D eigenvalue weighted by Crippen LogP contribution is -2.46. The highest BCUT2D eigenvalue weighted by atomic mass is 19.1. The molecule has 0 radical (unpaired) electrons. The average molecular weight is 302 g/mol. The Morgan fingerprint density at radius 2 is 2.14 bits per heavy atom. The van der Waals surface area contributed by atoms with Crippen molar-refractivity contribution < 1.29 is 13.6 Å². The summed E-state index contributed by atoms with van der Waals surface area (Å²) in [6, 6.07) is 10.1. The highest BCUT2D eigenvalue weighted by Gasteiger charge is 2.22. The van der Waals surface area contributed by atoms with E-state index in [1.165, 1.54) is 6.07 Å². The minimum absolute atomic E-state index is 0.144. The summed E-state index contributed by atoms with van der Waals surface area (Å²) in [5, 5.41) is 6.32. The van der Waals surface area contributed by atoms with Crippen LogP contribution in [0.25, 0.3) is 11.3 Å². The minimum Gasteiger partial charge on any atom is -0.451 e. The van der Waals surface area contributed by atoms with Crippen molar-refractivity contribution in [1.29, 1.82) is 0 Å². The van der Waals surface area contributed by atoms with Crippen LogP contribution in [-0.2, 0) is 0 Å². The molecule has 2 unspecified atom stereocenters. The van der Waals surface area contributed by atoms with E-state index in [0.717, 1.165) is 19.4 Å². The van der Waals surface area contributed by atoms with Gasteiger partial charge in [0.1, 0.15) is 11.6 Å². The summed E-state index contributed by atoms with van der Waals surface area (Å²) in [5.74, 6) is -0.0379. The topological polar surface area (TPSA) is 54.3 Å².